The average molecular weight is 1900 g/mol. The molecule has 0 saturated heterocycles. The number of hydrogen-bond acceptors (Lipinski definition) is 30. The smallest absolute Gasteiger partial charge is 0.210 e. The lowest BCUT2D eigenvalue weighted by molar-refractivity contribution is -0.195. The van der Waals surface area contributed by atoms with E-state index in [0.29, 0.717) is 84.5 Å². The van der Waals surface area contributed by atoms with Crippen LogP contribution >= 0.6 is 71.8 Å². The van der Waals surface area contributed by atoms with Gasteiger partial charge >= 0.3 is 0 Å². The summed E-state index contributed by atoms with van der Waals surface area (Å²) in [5.41, 5.74) is -0.871. The minimum absolute atomic E-state index is 0.00828. The van der Waals surface area contributed by atoms with Gasteiger partial charge in [-0.05, 0) is 232 Å². The Bertz CT molecular complexity index is 5950. The van der Waals surface area contributed by atoms with Crippen molar-refractivity contribution in [3.8, 4) is 0 Å². The fourth-order valence-electron chi connectivity index (χ4n) is 13.1. The highest BCUT2D eigenvalue weighted by atomic mass is 35.5. The molecule has 10 aromatic rings. The van der Waals surface area contributed by atoms with E-state index < -0.39 is 86.1 Å². The number of rotatable bonds is 25. The molecule has 15 rings (SSSR count). The molecule has 10 aromatic carbocycles. The molecular weight excluding hydrogens is 1820 g/mol. The molecule has 0 amide bonds. The first-order chi connectivity index (χ1) is 61.2. The number of ether oxygens (including phenoxy) is 5. The number of halogens is 9. The summed E-state index contributed by atoms with van der Waals surface area (Å²) in [7, 11) is 0. The maximum absolute atomic E-state index is 14.3. The standard InChI is InChI=1S/C18H16ClNO4S.C18H14F3NO4S.2C18H15F2NO4S.C18H16FNO4S/c1-18(2)17(21)15(12-4-3-5-13(19)10-12)16(22-18)11-6-8-14(9-7-11)25-24-23-20;1-18(2)17(23)15(11-8-10(19)4-5-12(11)20)16(24-18)9-3-6-14(13(21)7-9)27-26-25-22;1-18(2)17(22)15(13-9-11(19)5-8-14(13)20)16(23-18)10-3-6-12(7-4-10)26-25-24-21;1-18(2)17(22)15(10-4-3-5-12(19)8-10)16(23-18)11-6-7-14(13(20)9-11)26-25-24-21;1-18(2)17(21)15(12-4-3-5-13(19)10-12)16(22-18)11-6-8-14(9-7-11)25-24-23-20/h3-10H,20H2,1-2H3;3-8H,22H2,1-2H3;2*3-9H,21H2,1-2H3;3-10H,20H2,1-2H3. The van der Waals surface area contributed by atoms with Crippen molar-refractivity contribution in [2.75, 3.05) is 0 Å². The summed E-state index contributed by atoms with van der Waals surface area (Å²) in [6.45, 7) is 16.2. The van der Waals surface area contributed by atoms with Crippen molar-refractivity contribution in [1.82, 2.24) is 0 Å². The van der Waals surface area contributed by atoms with Crippen LogP contribution in [0.25, 0.3) is 56.7 Å². The molecule has 674 valence electrons. The summed E-state index contributed by atoms with van der Waals surface area (Å²) in [5, 5.41) is 0.563. The molecule has 0 aliphatic carbocycles. The summed E-state index contributed by atoms with van der Waals surface area (Å²) < 4.78 is 163. The third-order valence-corrected chi connectivity index (χ3v) is 22.5. The molecule has 39 heteroatoms. The normalized spacial score (nSPS) is 16.1. The van der Waals surface area contributed by atoms with Gasteiger partial charge < -0.3 is 23.7 Å². The summed E-state index contributed by atoms with van der Waals surface area (Å²) in [6, 6.07) is 53.7. The van der Waals surface area contributed by atoms with Crippen molar-refractivity contribution < 1.29 is 129 Å². The zero-order valence-corrected chi connectivity index (χ0v) is 74.1. The van der Waals surface area contributed by atoms with E-state index in [2.05, 4.69) is 46.6 Å². The van der Waals surface area contributed by atoms with Crippen LogP contribution in [0.4, 0.5) is 35.1 Å². The molecular formula is C90H76ClF8N5O20S5. The van der Waals surface area contributed by atoms with Gasteiger partial charge in [0.1, 0.15) is 75.3 Å². The Balaban J connectivity index is 0.000000156. The van der Waals surface area contributed by atoms with Crippen LogP contribution in [0.1, 0.15) is 125 Å². The van der Waals surface area contributed by atoms with Crippen molar-refractivity contribution >= 4 is 157 Å². The highest BCUT2D eigenvalue weighted by Crippen LogP contribution is 2.49. The average Bonchev–Trinajstić information content (AvgIpc) is 1.58. The number of carbonyl (C=O) groups is 5. The second-order valence-corrected chi connectivity index (χ2v) is 34.4. The van der Waals surface area contributed by atoms with Crippen molar-refractivity contribution in [3.63, 3.8) is 0 Å². The van der Waals surface area contributed by atoms with E-state index in [-0.39, 0.29) is 77.8 Å². The number of ketones is 5. The van der Waals surface area contributed by atoms with Gasteiger partial charge in [0.05, 0.1) is 97.9 Å². The van der Waals surface area contributed by atoms with Crippen LogP contribution in [0.5, 0.6) is 0 Å². The highest BCUT2D eigenvalue weighted by Gasteiger charge is 2.48. The van der Waals surface area contributed by atoms with Crippen molar-refractivity contribution in [3.05, 3.63) is 326 Å². The van der Waals surface area contributed by atoms with Crippen LogP contribution < -0.4 is 29.5 Å². The third-order valence-electron chi connectivity index (χ3n) is 19.1. The largest absolute Gasteiger partial charge is 0.478 e. The fraction of sp³-hybridized carbons (Fsp3) is 0.167. The molecule has 129 heavy (non-hydrogen) atoms. The number of nitrogens with two attached hydrogens (primary N) is 5. The summed E-state index contributed by atoms with van der Waals surface area (Å²) in [6.07, 6.45) is 0. The van der Waals surface area contributed by atoms with Crippen molar-refractivity contribution in [2.24, 2.45) is 29.5 Å². The Hall–Kier alpha value is -10.9. The monoisotopic (exact) mass is 1890 g/mol. The highest BCUT2D eigenvalue weighted by molar-refractivity contribution is 7.95. The molecule has 5 heterocycles. The van der Waals surface area contributed by atoms with Gasteiger partial charge in [0.25, 0.3) is 0 Å². The molecule has 0 bridgehead atoms. The van der Waals surface area contributed by atoms with E-state index in [4.69, 9.17) is 64.8 Å². The SMILES string of the molecule is CC1(C)OC(c2ccc(SOON)c(F)c2)=C(c2cc(F)ccc2F)C1=O.CC1(C)OC(c2ccc(SOON)c(F)c2)=C(c2cccc(F)c2)C1=O.CC1(C)OC(c2ccc(SOON)cc2)=C(c2cc(F)ccc2F)C1=O.CC1(C)OC(c2ccc(SOON)cc2)=C(c2cccc(Cl)c2)C1=O.CC1(C)OC(c2ccc(SOON)cc2)=C(c2cccc(F)c2)C1=O. The minimum atomic E-state index is -1.32. The van der Waals surface area contributed by atoms with Gasteiger partial charge in [0.2, 0.25) is 28.9 Å². The molecule has 0 fully saturated rings. The predicted molar refractivity (Wildman–Crippen MR) is 465 cm³/mol. The summed E-state index contributed by atoms with van der Waals surface area (Å²) >= 11 is 10.1. The zero-order chi connectivity index (χ0) is 93.6. The lowest BCUT2D eigenvalue weighted by Crippen LogP contribution is -2.29. The maximum Gasteiger partial charge on any atom is 0.210 e. The molecule has 25 nitrogen and oxygen atoms in total. The number of benzene rings is 10. The van der Waals surface area contributed by atoms with Crippen LogP contribution in [-0.4, -0.2) is 56.9 Å². The van der Waals surface area contributed by atoms with Gasteiger partial charge in [0, 0.05) is 58.7 Å². The number of carbonyl (C=O) groups excluding carboxylic acids is 5. The third kappa shape index (κ3) is 23.7. The Morgan fingerprint density at radius 2 is 0.519 bits per heavy atom. The lowest BCUT2D eigenvalue weighted by atomic mass is 9.92. The second-order valence-electron chi connectivity index (χ2n) is 30.1. The van der Waals surface area contributed by atoms with Gasteiger partial charge in [-0.25, -0.2) is 35.1 Å². The van der Waals surface area contributed by atoms with Crippen molar-refractivity contribution in [2.45, 2.75) is 122 Å². The van der Waals surface area contributed by atoms with E-state index in [0.717, 1.165) is 99.5 Å². The van der Waals surface area contributed by atoms with E-state index >= 15 is 0 Å². The molecule has 5 aliphatic rings. The molecule has 0 saturated carbocycles. The topological polar surface area (TPSA) is 354 Å². The quantitative estimate of drug-likeness (QED) is 0.0154. The van der Waals surface area contributed by atoms with E-state index in [1.807, 2.05) is 36.4 Å². The Morgan fingerprint density at radius 3 is 0.814 bits per heavy atom. The molecule has 0 unspecified atom stereocenters. The number of hydrogen-bond donors (Lipinski definition) is 5. The lowest BCUT2D eigenvalue weighted by Gasteiger charge is -2.18. The van der Waals surface area contributed by atoms with E-state index in [9.17, 15) is 59.1 Å². The van der Waals surface area contributed by atoms with Crippen LogP contribution in [0.3, 0.4) is 0 Å². The second kappa shape index (κ2) is 42.8. The first-order valence-corrected chi connectivity index (χ1v) is 41.8. The number of Topliss-reactive ketones (excluding diaryl/α,β-unsaturated/α-hetero) is 5. The molecule has 0 atom stereocenters. The maximum atomic E-state index is 14.3. The van der Waals surface area contributed by atoms with Gasteiger partial charge in [-0.2, -0.15) is 29.5 Å². The summed E-state index contributed by atoms with van der Waals surface area (Å²) in [5.74, 6) is 18.6. The molecule has 0 radical (unpaired) electrons. The molecule has 0 aromatic heterocycles. The van der Waals surface area contributed by atoms with Gasteiger partial charge in [-0.3, -0.25) is 24.0 Å². The minimum Gasteiger partial charge on any atom is -0.478 e. The van der Waals surface area contributed by atoms with Crippen molar-refractivity contribution in [1.29, 1.82) is 0 Å². The first kappa shape index (κ1) is 98.7. The Kier molecular flexibility index (Phi) is 32.7. The van der Waals surface area contributed by atoms with E-state index in [1.54, 1.807) is 140 Å². The molecule has 5 aliphatic heterocycles. The summed E-state index contributed by atoms with van der Waals surface area (Å²) in [4.78, 5) is 86.3. The zero-order valence-electron chi connectivity index (χ0n) is 69.3. The van der Waals surface area contributed by atoms with Crippen LogP contribution in [0, 0.1) is 46.5 Å². The fourth-order valence-corrected chi connectivity index (χ4v) is 15.1. The van der Waals surface area contributed by atoms with Gasteiger partial charge in [-0.15, -0.1) is 46.6 Å². The van der Waals surface area contributed by atoms with Crippen LogP contribution in [0.15, 0.2) is 243 Å². The van der Waals surface area contributed by atoms with Crippen LogP contribution in [0.2, 0.25) is 5.02 Å². The molecule has 10 N–H and O–H groups in total. The van der Waals surface area contributed by atoms with Crippen LogP contribution in [-0.2, 0) is 94.3 Å². The van der Waals surface area contributed by atoms with E-state index in [1.165, 1.54) is 68.4 Å². The van der Waals surface area contributed by atoms with Gasteiger partial charge in [0.15, 0.2) is 28.0 Å². The van der Waals surface area contributed by atoms with Gasteiger partial charge in [-0.1, -0.05) is 84.4 Å². The first-order valence-electron chi connectivity index (χ1n) is 37.8. The predicted octanol–water partition coefficient (Wildman–Crippen LogP) is 20.6. The molecule has 0 spiro atoms. The Morgan fingerprint density at radius 1 is 0.264 bits per heavy atom. The Labute approximate surface area is 758 Å².